The van der Waals surface area contributed by atoms with Crippen LogP contribution in [0.25, 0.3) is 0 Å². The third-order valence-corrected chi connectivity index (χ3v) is 4.28. The molecule has 3 rings (SSSR count). The zero-order valence-corrected chi connectivity index (χ0v) is 13.3. The van der Waals surface area contributed by atoms with Crippen LogP contribution >= 0.6 is 0 Å². The van der Waals surface area contributed by atoms with Crippen LogP contribution in [-0.4, -0.2) is 11.9 Å². The van der Waals surface area contributed by atoms with E-state index in [1.807, 2.05) is 24.3 Å². The molecule has 0 unspecified atom stereocenters. The van der Waals surface area contributed by atoms with Crippen LogP contribution in [0.15, 0.2) is 42.5 Å². The molecule has 1 aliphatic rings. The lowest BCUT2D eigenvalue weighted by Crippen LogP contribution is -2.15. The molecule has 4 nitrogen and oxygen atoms in total. The molecule has 0 saturated heterocycles. The van der Waals surface area contributed by atoms with E-state index in [4.69, 9.17) is 10.5 Å². The summed E-state index contributed by atoms with van der Waals surface area (Å²) in [5.41, 5.74) is 8.07. The third-order valence-electron chi connectivity index (χ3n) is 4.28. The number of primary amides is 1. The quantitative estimate of drug-likeness (QED) is 0.868. The average Bonchev–Trinajstić information content (AvgIpc) is 3.04. The van der Waals surface area contributed by atoms with E-state index < -0.39 is 5.91 Å². The number of nitrogens with one attached hydrogen (secondary N) is 1. The van der Waals surface area contributed by atoms with Gasteiger partial charge in [0.2, 0.25) is 5.91 Å². The number of aryl methyl sites for hydroxylation is 1. The summed E-state index contributed by atoms with van der Waals surface area (Å²) in [4.78, 5) is 11.3. The Kier molecular flexibility index (Phi) is 4.51. The van der Waals surface area contributed by atoms with Crippen molar-refractivity contribution >= 4 is 11.6 Å². The van der Waals surface area contributed by atoms with Crippen LogP contribution in [0.1, 0.15) is 41.6 Å². The van der Waals surface area contributed by atoms with Gasteiger partial charge in [0.15, 0.2) is 0 Å². The second kappa shape index (κ2) is 6.73. The largest absolute Gasteiger partial charge is 0.457 e. The lowest BCUT2D eigenvalue weighted by atomic mass is 10.1. The number of benzene rings is 2. The lowest BCUT2D eigenvalue weighted by molar-refractivity contribution is 0.1000. The molecular weight excluding hydrogens is 288 g/mol. The Balaban J connectivity index is 1.77. The summed E-state index contributed by atoms with van der Waals surface area (Å²) in [7, 11) is 0. The molecule has 120 valence electrons. The molecule has 0 heterocycles. The highest BCUT2D eigenvalue weighted by atomic mass is 16.5. The van der Waals surface area contributed by atoms with Gasteiger partial charge in [-0.05, 0) is 49.6 Å². The number of rotatable bonds is 5. The Labute approximate surface area is 136 Å². The van der Waals surface area contributed by atoms with Gasteiger partial charge >= 0.3 is 0 Å². The van der Waals surface area contributed by atoms with Gasteiger partial charge in [-0.3, -0.25) is 4.79 Å². The molecule has 2 aromatic carbocycles. The topological polar surface area (TPSA) is 64.3 Å². The van der Waals surface area contributed by atoms with Gasteiger partial charge in [-0.15, -0.1) is 0 Å². The van der Waals surface area contributed by atoms with Crippen LogP contribution in [0.5, 0.6) is 11.5 Å². The summed E-state index contributed by atoms with van der Waals surface area (Å²) in [5.74, 6) is 0.901. The second-order valence-corrected chi connectivity index (χ2v) is 6.10. The van der Waals surface area contributed by atoms with E-state index in [-0.39, 0.29) is 0 Å². The Morgan fingerprint density at radius 2 is 1.87 bits per heavy atom. The number of anilines is 1. The predicted octanol–water partition coefficient (Wildman–Crippen LogP) is 4.24. The summed E-state index contributed by atoms with van der Waals surface area (Å²) in [6.07, 6.45) is 5.05. The molecule has 3 N–H and O–H groups in total. The van der Waals surface area contributed by atoms with E-state index in [2.05, 4.69) is 12.2 Å². The fraction of sp³-hybridized carbons (Fsp3) is 0.316. The first-order valence-electron chi connectivity index (χ1n) is 8.07. The molecule has 2 aromatic rings. The van der Waals surface area contributed by atoms with Gasteiger partial charge in [-0.2, -0.15) is 0 Å². The highest BCUT2D eigenvalue weighted by molar-refractivity contribution is 5.93. The maximum atomic E-state index is 11.3. The van der Waals surface area contributed by atoms with Crippen LogP contribution in [0, 0.1) is 6.92 Å². The summed E-state index contributed by atoms with van der Waals surface area (Å²) >= 11 is 0. The molecular formula is C19H22N2O2. The number of hydrogen-bond donors (Lipinski definition) is 2. The van der Waals surface area contributed by atoms with E-state index in [1.54, 1.807) is 18.2 Å². The van der Waals surface area contributed by atoms with Gasteiger partial charge in [-0.25, -0.2) is 0 Å². The van der Waals surface area contributed by atoms with E-state index in [0.717, 1.165) is 11.4 Å². The summed E-state index contributed by atoms with van der Waals surface area (Å²) < 4.78 is 5.88. The number of amides is 1. The first-order chi connectivity index (χ1) is 11.1. The number of ether oxygens (including phenoxy) is 1. The van der Waals surface area contributed by atoms with Crippen LogP contribution in [0.4, 0.5) is 5.69 Å². The normalized spacial score (nSPS) is 14.7. The van der Waals surface area contributed by atoms with E-state index in [0.29, 0.717) is 17.4 Å². The maximum absolute atomic E-state index is 11.3. The minimum atomic E-state index is -0.456. The molecule has 0 aliphatic heterocycles. The van der Waals surface area contributed by atoms with Crippen LogP contribution in [0.2, 0.25) is 0 Å². The zero-order valence-electron chi connectivity index (χ0n) is 13.3. The van der Waals surface area contributed by atoms with Crippen molar-refractivity contribution in [2.24, 2.45) is 5.73 Å². The van der Waals surface area contributed by atoms with Crippen LogP contribution in [-0.2, 0) is 0 Å². The van der Waals surface area contributed by atoms with Gasteiger partial charge in [0.25, 0.3) is 0 Å². The van der Waals surface area contributed by atoms with Crippen molar-refractivity contribution in [3.63, 3.8) is 0 Å². The van der Waals surface area contributed by atoms with Gasteiger partial charge in [0.1, 0.15) is 11.5 Å². The molecule has 0 spiro atoms. The van der Waals surface area contributed by atoms with Gasteiger partial charge in [0, 0.05) is 23.4 Å². The van der Waals surface area contributed by atoms with Gasteiger partial charge in [0.05, 0.1) is 0 Å². The fourth-order valence-electron chi connectivity index (χ4n) is 2.96. The number of carbonyl (C=O) groups is 1. The summed E-state index contributed by atoms with van der Waals surface area (Å²) in [6.45, 7) is 2.09. The molecule has 0 radical (unpaired) electrons. The SMILES string of the molecule is Cc1ccc(Oc2cccc(C(N)=O)c2)cc1NC1CCCC1. The molecule has 0 atom stereocenters. The highest BCUT2D eigenvalue weighted by Crippen LogP contribution is 2.29. The van der Waals surface area contributed by atoms with Crippen molar-refractivity contribution in [1.29, 1.82) is 0 Å². The molecule has 0 aromatic heterocycles. The lowest BCUT2D eigenvalue weighted by Gasteiger charge is -2.17. The predicted molar refractivity (Wildman–Crippen MR) is 92.1 cm³/mol. The molecule has 1 amide bonds. The van der Waals surface area contributed by atoms with E-state index in [1.165, 1.54) is 31.2 Å². The van der Waals surface area contributed by atoms with Crippen molar-refractivity contribution in [3.8, 4) is 11.5 Å². The standard InChI is InChI=1S/C19H22N2O2/c1-13-9-10-17(12-18(13)21-15-6-2-3-7-15)23-16-8-4-5-14(11-16)19(20)22/h4-5,8-12,15,21H,2-3,6-7H2,1H3,(H2,20,22). The van der Waals surface area contributed by atoms with Gasteiger partial charge in [-0.1, -0.05) is 25.0 Å². The number of hydrogen-bond acceptors (Lipinski definition) is 3. The monoisotopic (exact) mass is 310 g/mol. The van der Waals surface area contributed by atoms with E-state index >= 15 is 0 Å². The first kappa shape index (κ1) is 15.4. The highest BCUT2D eigenvalue weighted by Gasteiger charge is 2.15. The zero-order chi connectivity index (χ0) is 16.2. The molecule has 1 fully saturated rings. The molecule has 4 heteroatoms. The number of nitrogens with two attached hydrogens (primary N) is 1. The Bertz CT molecular complexity index is 706. The maximum Gasteiger partial charge on any atom is 0.248 e. The third kappa shape index (κ3) is 3.83. The van der Waals surface area contributed by atoms with Crippen molar-refractivity contribution in [1.82, 2.24) is 0 Å². The summed E-state index contributed by atoms with van der Waals surface area (Å²) in [6, 6.07) is 13.5. The Hall–Kier alpha value is -2.49. The van der Waals surface area contributed by atoms with Crippen LogP contribution < -0.4 is 15.8 Å². The second-order valence-electron chi connectivity index (χ2n) is 6.10. The van der Waals surface area contributed by atoms with Crippen molar-refractivity contribution < 1.29 is 9.53 Å². The van der Waals surface area contributed by atoms with E-state index in [9.17, 15) is 4.79 Å². The molecule has 0 bridgehead atoms. The smallest absolute Gasteiger partial charge is 0.248 e. The summed E-state index contributed by atoms with van der Waals surface area (Å²) in [5, 5.41) is 3.61. The molecule has 1 saturated carbocycles. The first-order valence-corrected chi connectivity index (χ1v) is 8.07. The molecule has 23 heavy (non-hydrogen) atoms. The van der Waals surface area contributed by atoms with Gasteiger partial charge < -0.3 is 15.8 Å². The average molecular weight is 310 g/mol. The van der Waals surface area contributed by atoms with Crippen molar-refractivity contribution in [3.05, 3.63) is 53.6 Å². The fourth-order valence-corrected chi connectivity index (χ4v) is 2.96. The van der Waals surface area contributed by atoms with Crippen molar-refractivity contribution in [2.75, 3.05) is 5.32 Å². The minimum Gasteiger partial charge on any atom is -0.457 e. The minimum absolute atomic E-state index is 0.443. The van der Waals surface area contributed by atoms with Crippen molar-refractivity contribution in [2.45, 2.75) is 38.6 Å². The Morgan fingerprint density at radius 1 is 1.13 bits per heavy atom. The molecule has 1 aliphatic carbocycles. The number of carbonyl (C=O) groups excluding carboxylic acids is 1. The van der Waals surface area contributed by atoms with Crippen LogP contribution in [0.3, 0.4) is 0 Å². The Morgan fingerprint density at radius 3 is 2.61 bits per heavy atom.